The SMILES string of the molecule is CCN1CCN(Cc2c(O)ccc3oc(C)c(C(=O)NC4CCCCC4)c23)CC1. The molecule has 0 spiro atoms. The standard InChI is InChI=1S/C23H33N3O3/c1-3-25-11-13-26(14-12-25)15-18-19(27)9-10-20-22(18)21(16(2)29-20)23(28)24-17-7-5-4-6-8-17/h9-10,17,27H,3-8,11-15H2,1-2H3,(H,24,28). The number of nitrogens with zero attached hydrogens (tertiary/aromatic N) is 2. The molecule has 2 fully saturated rings. The van der Waals surface area contributed by atoms with Crippen molar-refractivity contribution in [3.63, 3.8) is 0 Å². The van der Waals surface area contributed by atoms with Crippen molar-refractivity contribution in [3.05, 3.63) is 29.0 Å². The van der Waals surface area contributed by atoms with Crippen molar-refractivity contribution in [2.24, 2.45) is 0 Å². The Morgan fingerprint density at radius 1 is 1.14 bits per heavy atom. The van der Waals surface area contributed by atoms with E-state index < -0.39 is 0 Å². The van der Waals surface area contributed by atoms with E-state index in [1.54, 1.807) is 12.1 Å². The molecule has 1 amide bonds. The summed E-state index contributed by atoms with van der Waals surface area (Å²) in [6.45, 7) is 9.72. The van der Waals surface area contributed by atoms with Crippen LogP contribution in [0, 0.1) is 6.92 Å². The summed E-state index contributed by atoms with van der Waals surface area (Å²) in [6, 6.07) is 3.70. The normalized spacial score (nSPS) is 19.7. The van der Waals surface area contributed by atoms with Gasteiger partial charge in [0.2, 0.25) is 0 Å². The van der Waals surface area contributed by atoms with E-state index in [9.17, 15) is 9.90 Å². The number of carbonyl (C=O) groups excluding carboxylic acids is 1. The van der Waals surface area contributed by atoms with Gasteiger partial charge in [-0.1, -0.05) is 26.2 Å². The van der Waals surface area contributed by atoms with E-state index >= 15 is 0 Å². The van der Waals surface area contributed by atoms with Gasteiger partial charge in [0.15, 0.2) is 0 Å². The lowest BCUT2D eigenvalue weighted by atomic mass is 9.95. The molecular formula is C23H33N3O3. The molecule has 2 aromatic rings. The molecule has 1 aromatic carbocycles. The first-order chi connectivity index (χ1) is 14.1. The van der Waals surface area contributed by atoms with Crippen molar-refractivity contribution in [2.75, 3.05) is 32.7 Å². The fraction of sp³-hybridized carbons (Fsp3) is 0.609. The predicted molar refractivity (Wildman–Crippen MR) is 114 cm³/mol. The number of fused-ring (bicyclic) bond motifs is 1. The van der Waals surface area contributed by atoms with Gasteiger partial charge in [0.1, 0.15) is 17.1 Å². The highest BCUT2D eigenvalue weighted by atomic mass is 16.3. The molecule has 6 heteroatoms. The number of nitrogens with one attached hydrogen (secondary N) is 1. The predicted octanol–water partition coefficient (Wildman–Crippen LogP) is 3.65. The number of phenols is 1. The van der Waals surface area contributed by atoms with E-state index in [1.165, 1.54) is 19.3 Å². The largest absolute Gasteiger partial charge is 0.508 e. The van der Waals surface area contributed by atoms with Crippen LogP contribution in [-0.2, 0) is 6.54 Å². The van der Waals surface area contributed by atoms with Crippen LogP contribution in [0.5, 0.6) is 5.75 Å². The zero-order valence-corrected chi connectivity index (χ0v) is 17.7. The summed E-state index contributed by atoms with van der Waals surface area (Å²) in [5, 5.41) is 14.7. The van der Waals surface area contributed by atoms with Gasteiger partial charge in [0.25, 0.3) is 5.91 Å². The number of amides is 1. The van der Waals surface area contributed by atoms with Gasteiger partial charge in [0, 0.05) is 49.7 Å². The molecule has 4 rings (SSSR count). The minimum absolute atomic E-state index is 0.0733. The third-order valence-electron chi connectivity index (χ3n) is 6.58. The van der Waals surface area contributed by atoms with Crippen LogP contribution < -0.4 is 5.32 Å². The van der Waals surface area contributed by atoms with E-state index in [0.29, 0.717) is 23.5 Å². The van der Waals surface area contributed by atoms with Gasteiger partial charge in [-0.05, 0) is 38.4 Å². The number of aryl methyl sites for hydroxylation is 1. The molecule has 1 saturated carbocycles. The lowest BCUT2D eigenvalue weighted by molar-refractivity contribution is 0.0927. The zero-order valence-electron chi connectivity index (χ0n) is 17.7. The molecule has 2 N–H and O–H groups in total. The van der Waals surface area contributed by atoms with Crippen LogP contribution in [0.15, 0.2) is 16.5 Å². The first-order valence-electron chi connectivity index (χ1n) is 11.1. The number of carbonyl (C=O) groups is 1. The molecule has 0 bridgehead atoms. The number of hydrogen-bond acceptors (Lipinski definition) is 5. The van der Waals surface area contributed by atoms with Crippen LogP contribution in [0.4, 0.5) is 0 Å². The maximum atomic E-state index is 13.2. The Bertz CT molecular complexity index is 862. The van der Waals surface area contributed by atoms with Gasteiger partial charge in [0.05, 0.1) is 5.56 Å². The van der Waals surface area contributed by atoms with Crippen molar-refractivity contribution in [3.8, 4) is 5.75 Å². The summed E-state index contributed by atoms with van der Waals surface area (Å²) in [5.41, 5.74) is 2.07. The van der Waals surface area contributed by atoms with Crippen LogP contribution in [0.1, 0.15) is 60.7 Å². The molecule has 158 valence electrons. The fourth-order valence-corrected chi connectivity index (χ4v) is 4.79. The van der Waals surface area contributed by atoms with Crippen molar-refractivity contribution in [1.29, 1.82) is 0 Å². The first-order valence-corrected chi connectivity index (χ1v) is 11.1. The number of furan rings is 1. The van der Waals surface area contributed by atoms with Gasteiger partial charge >= 0.3 is 0 Å². The Morgan fingerprint density at radius 3 is 2.52 bits per heavy atom. The molecule has 1 aromatic heterocycles. The van der Waals surface area contributed by atoms with Crippen LogP contribution in [0.3, 0.4) is 0 Å². The van der Waals surface area contributed by atoms with Gasteiger partial charge in [-0.3, -0.25) is 9.69 Å². The monoisotopic (exact) mass is 399 g/mol. The van der Waals surface area contributed by atoms with Gasteiger partial charge < -0.3 is 19.7 Å². The lowest BCUT2D eigenvalue weighted by Crippen LogP contribution is -2.45. The van der Waals surface area contributed by atoms with Crippen LogP contribution in [0.2, 0.25) is 0 Å². The van der Waals surface area contributed by atoms with Crippen LogP contribution in [0.25, 0.3) is 11.0 Å². The highest BCUT2D eigenvalue weighted by Crippen LogP contribution is 2.35. The van der Waals surface area contributed by atoms with Crippen molar-refractivity contribution in [1.82, 2.24) is 15.1 Å². The summed E-state index contributed by atoms with van der Waals surface area (Å²) in [4.78, 5) is 18.0. The topological polar surface area (TPSA) is 69.0 Å². The maximum Gasteiger partial charge on any atom is 0.255 e. The van der Waals surface area contributed by atoms with E-state index in [0.717, 1.165) is 56.5 Å². The quantitative estimate of drug-likeness (QED) is 0.803. The summed E-state index contributed by atoms with van der Waals surface area (Å²) >= 11 is 0. The molecular weight excluding hydrogens is 366 g/mol. The second kappa shape index (κ2) is 8.76. The number of likely N-dealkylation sites (N-methyl/N-ethyl adjacent to an activating group) is 1. The third kappa shape index (κ3) is 4.28. The number of piperazine rings is 1. The summed E-state index contributed by atoms with van der Waals surface area (Å²) in [5.74, 6) is 0.787. The third-order valence-corrected chi connectivity index (χ3v) is 6.58. The Balaban J connectivity index is 1.62. The minimum atomic E-state index is -0.0733. The van der Waals surface area contributed by atoms with Gasteiger partial charge in [-0.25, -0.2) is 0 Å². The second-order valence-corrected chi connectivity index (χ2v) is 8.49. The zero-order chi connectivity index (χ0) is 20.4. The average molecular weight is 400 g/mol. The Labute approximate surface area is 172 Å². The average Bonchev–Trinajstić information content (AvgIpc) is 3.07. The molecule has 0 unspecified atom stereocenters. The summed E-state index contributed by atoms with van der Waals surface area (Å²) in [6.07, 6.45) is 5.68. The van der Waals surface area contributed by atoms with Crippen molar-refractivity contribution < 1.29 is 14.3 Å². The lowest BCUT2D eigenvalue weighted by Gasteiger charge is -2.34. The van der Waals surface area contributed by atoms with Gasteiger partial charge in [-0.2, -0.15) is 0 Å². The molecule has 29 heavy (non-hydrogen) atoms. The van der Waals surface area contributed by atoms with Crippen molar-refractivity contribution >= 4 is 16.9 Å². The van der Waals surface area contributed by atoms with E-state index in [1.807, 2.05) is 6.92 Å². The second-order valence-electron chi connectivity index (χ2n) is 8.49. The molecule has 1 saturated heterocycles. The Morgan fingerprint density at radius 2 is 1.83 bits per heavy atom. The van der Waals surface area contributed by atoms with Gasteiger partial charge in [-0.15, -0.1) is 0 Å². The summed E-state index contributed by atoms with van der Waals surface area (Å²) < 4.78 is 5.93. The Kier molecular flexibility index (Phi) is 6.11. The molecule has 6 nitrogen and oxygen atoms in total. The van der Waals surface area contributed by atoms with Crippen LogP contribution >= 0.6 is 0 Å². The molecule has 2 heterocycles. The summed E-state index contributed by atoms with van der Waals surface area (Å²) in [7, 11) is 0. The molecule has 0 radical (unpaired) electrons. The maximum absolute atomic E-state index is 13.2. The number of aromatic hydroxyl groups is 1. The molecule has 0 atom stereocenters. The minimum Gasteiger partial charge on any atom is -0.508 e. The number of phenolic OH excluding ortho intramolecular Hbond substituents is 1. The molecule has 1 aliphatic carbocycles. The molecule has 2 aliphatic rings. The van der Waals surface area contributed by atoms with Crippen molar-refractivity contribution in [2.45, 2.75) is 58.5 Å². The number of rotatable bonds is 5. The number of hydrogen-bond donors (Lipinski definition) is 2. The highest BCUT2D eigenvalue weighted by Gasteiger charge is 2.26. The number of benzene rings is 1. The Hall–Kier alpha value is -2.05. The fourth-order valence-electron chi connectivity index (χ4n) is 4.79. The smallest absolute Gasteiger partial charge is 0.255 e. The van der Waals surface area contributed by atoms with E-state index in [4.69, 9.17) is 4.42 Å². The van der Waals surface area contributed by atoms with E-state index in [2.05, 4.69) is 22.0 Å². The van der Waals surface area contributed by atoms with Crippen LogP contribution in [-0.4, -0.2) is 59.6 Å². The molecule has 1 aliphatic heterocycles. The van der Waals surface area contributed by atoms with E-state index in [-0.39, 0.29) is 17.7 Å². The first kappa shape index (κ1) is 20.2. The highest BCUT2D eigenvalue weighted by molar-refractivity contribution is 6.09.